The first kappa shape index (κ1) is 19.8. The Hall–Kier alpha value is -1.46. The molecule has 3 fully saturated rings. The molecular formula is C21H30N4O2S. The van der Waals surface area contributed by atoms with Gasteiger partial charge in [0.2, 0.25) is 0 Å². The first-order valence-electron chi connectivity index (χ1n) is 10.3. The molecule has 0 amide bonds. The number of benzene rings is 1. The van der Waals surface area contributed by atoms with Crippen LogP contribution in [0.25, 0.3) is 0 Å². The zero-order valence-corrected chi connectivity index (χ0v) is 17.4. The zero-order valence-electron chi connectivity index (χ0n) is 16.5. The molecular weight excluding hydrogens is 372 g/mol. The molecule has 2 heterocycles. The second kappa shape index (κ2) is 7.75. The lowest BCUT2D eigenvalue weighted by atomic mass is 9.82. The van der Waals surface area contributed by atoms with Gasteiger partial charge in [-0.05, 0) is 62.1 Å². The third kappa shape index (κ3) is 3.84. The molecule has 6 nitrogen and oxygen atoms in total. The van der Waals surface area contributed by atoms with Crippen LogP contribution in [0.15, 0.2) is 30.3 Å². The van der Waals surface area contributed by atoms with Gasteiger partial charge in [-0.1, -0.05) is 30.3 Å². The van der Waals surface area contributed by atoms with Gasteiger partial charge in [0.15, 0.2) is 0 Å². The molecule has 28 heavy (non-hydrogen) atoms. The maximum absolute atomic E-state index is 12.0. The fourth-order valence-corrected chi connectivity index (χ4v) is 6.25. The summed E-state index contributed by atoms with van der Waals surface area (Å²) in [6.07, 6.45) is 5.33. The van der Waals surface area contributed by atoms with E-state index in [0.29, 0.717) is 19.5 Å². The van der Waals surface area contributed by atoms with E-state index in [1.165, 1.54) is 29.8 Å². The lowest BCUT2D eigenvalue weighted by Crippen LogP contribution is -2.72. The highest BCUT2D eigenvalue weighted by Crippen LogP contribution is 2.52. The van der Waals surface area contributed by atoms with Crippen LogP contribution in [0.2, 0.25) is 0 Å². The average molecular weight is 403 g/mol. The number of nitrogens with zero attached hydrogens (tertiary/aromatic N) is 3. The first-order valence-corrected chi connectivity index (χ1v) is 11.8. The average Bonchev–Trinajstić information content (AvgIpc) is 3.45. The normalized spacial score (nSPS) is 28.4. The van der Waals surface area contributed by atoms with Crippen molar-refractivity contribution in [3.05, 3.63) is 35.9 Å². The molecule has 2 saturated heterocycles. The van der Waals surface area contributed by atoms with Crippen LogP contribution in [-0.2, 0) is 10.2 Å². The van der Waals surface area contributed by atoms with E-state index >= 15 is 0 Å². The Balaban J connectivity index is 1.28. The lowest BCUT2D eigenvalue weighted by Gasteiger charge is -2.55. The van der Waals surface area contributed by atoms with E-state index < -0.39 is 10.2 Å². The molecule has 1 aromatic carbocycles. The van der Waals surface area contributed by atoms with E-state index in [4.69, 9.17) is 0 Å². The molecule has 0 spiro atoms. The van der Waals surface area contributed by atoms with Crippen LogP contribution >= 0.6 is 0 Å². The van der Waals surface area contributed by atoms with E-state index in [0.717, 1.165) is 43.7 Å². The highest BCUT2D eigenvalue weighted by molar-refractivity contribution is 7.87. The molecule has 2 aliphatic heterocycles. The van der Waals surface area contributed by atoms with Crippen molar-refractivity contribution < 1.29 is 8.42 Å². The van der Waals surface area contributed by atoms with Crippen LogP contribution in [0.1, 0.15) is 43.6 Å². The summed E-state index contributed by atoms with van der Waals surface area (Å²) in [5, 5.41) is 9.30. The summed E-state index contributed by atoms with van der Waals surface area (Å²) < 4.78 is 27.8. The van der Waals surface area contributed by atoms with Crippen molar-refractivity contribution in [2.45, 2.75) is 43.6 Å². The second-order valence-corrected chi connectivity index (χ2v) is 10.6. The summed E-state index contributed by atoms with van der Waals surface area (Å²) in [4.78, 5) is 2.38. The summed E-state index contributed by atoms with van der Waals surface area (Å²) >= 11 is 0. The van der Waals surface area contributed by atoms with Crippen LogP contribution in [-0.4, -0.2) is 56.4 Å². The Labute approximate surface area is 168 Å². The van der Waals surface area contributed by atoms with Gasteiger partial charge in [-0.2, -0.15) is 18.0 Å². The lowest BCUT2D eigenvalue weighted by molar-refractivity contribution is -0.0306. The van der Waals surface area contributed by atoms with E-state index in [1.807, 2.05) is 0 Å². The Bertz CT molecular complexity index is 822. The minimum Gasteiger partial charge on any atom is -0.294 e. The monoisotopic (exact) mass is 402 g/mol. The number of likely N-dealkylation sites (tertiary alicyclic amines) is 1. The first-order chi connectivity index (χ1) is 13.5. The van der Waals surface area contributed by atoms with Crippen LogP contribution < -0.4 is 4.72 Å². The quantitative estimate of drug-likeness (QED) is 0.759. The number of hydrogen-bond donors (Lipinski definition) is 1. The molecule has 1 aliphatic carbocycles. The van der Waals surface area contributed by atoms with Gasteiger partial charge in [-0.25, -0.2) is 4.72 Å². The maximum atomic E-state index is 12.0. The van der Waals surface area contributed by atoms with Crippen molar-refractivity contribution in [2.24, 2.45) is 11.8 Å². The van der Waals surface area contributed by atoms with Crippen LogP contribution in [0.5, 0.6) is 0 Å². The van der Waals surface area contributed by atoms with Gasteiger partial charge in [0.1, 0.15) is 0 Å². The Morgan fingerprint density at radius 3 is 2.50 bits per heavy atom. The molecule has 0 radical (unpaired) electrons. The molecule has 3 aliphatic rings. The number of nitriles is 1. The Kier molecular flexibility index (Phi) is 5.49. The van der Waals surface area contributed by atoms with Gasteiger partial charge >= 0.3 is 0 Å². The van der Waals surface area contributed by atoms with Crippen molar-refractivity contribution in [3.63, 3.8) is 0 Å². The predicted octanol–water partition coefficient (Wildman–Crippen LogP) is 2.32. The summed E-state index contributed by atoms with van der Waals surface area (Å²) in [7, 11) is -1.96. The molecule has 1 aromatic rings. The van der Waals surface area contributed by atoms with Crippen molar-refractivity contribution >= 4 is 10.2 Å². The maximum Gasteiger partial charge on any atom is 0.279 e. The molecule has 1 saturated carbocycles. The van der Waals surface area contributed by atoms with Crippen LogP contribution in [0.3, 0.4) is 0 Å². The molecule has 0 aromatic heterocycles. The molecule has 2 atom stereocenters. The molecule has 1 unspecified atom stereocenters. The summed E-state index contributed by atoms with van der Waals surface area (Å²) in [5.41, 5.74) is 1.19. The van der Waals surface area contributed by atoms with Gasteiger partial charge in [0.25, 0.3) is 10.2 Å². The zero-order chi connectivity index (χ0) is 19.8. The minimum atomic E-state index is -3.39. The summed E-state index contributed by atoms with van der Waals surface area (Å²) in [6, 6.07) is 13.1. The third-order valence-corrected chi connectivity index (χ3v) is 8.47. The standard InChI is InChI=1S/C21H30N4O2S/c1-23-28(26,27)25-15-21(16-25,9-10-22)24-11-7-17(8-12-24)13-19-14-20(19)18-5-3-2-4-6-18/h2-6,17,19-20,23H,7-9,11-16H2,1H3/t19-,20?/m1/s1. The van der Waals surface area contributed by atoms with E-state index in [9.17, 15) is 13.7 Å². The second-order valence-electron chi connectivity index (χ2n) is 8.72. The Morgan fingerprint density at radius 1 is 1.21 bits per heavy atom. The number of nitrogens with one attached hydrogen (secondary N) is 1. The van der Waals surface area contributed by atoms with Gasteiger partial charge in [-0.3, -0.25) is 4.90 Å². The van der Waals surface area contributed by atoms with Crippen molar-refractivity contribution in [1.29, 1.82) is 5.26 Å². The van der Waals surface area contributed by atoms with Gasteiger partial charge < -0.3 is 0 Å². The van der Waals surface area contributed by atoms with E-state index in [2.05, 4.69) is 46.0 Å². The number of rotatable bonds is 7. The van der Waals surface area contributed by atoms with Gasteiger partial charge in [0.05, 0.1) is 18.0 Å². The highest BCUT2D eigenvalue weighted by Gasteiger charge is 2.52. The largest absolute Gasteiger partial charge is 0.294 e. The van der Waals surface area contributed by atoms with Gasteiger partial charge in [0, 0.05) is 20.1 Å². The van der Waals surface area contributed by atoms with Crippen LogP contribution in [0, 0.1) is 23.2 Å². The smallest absolute Gasteiger partial charge is 0.279 e. The highest BCUT2D eigenvalue weighted by atomic mass is 32.2. The molecule has 152 valence electrons. The number of piperidine rings is 1. The van der Waals surface area contributed by atoms with Crippen molar-refractivity contribution in [1.82, 2.24) is 13.9 Å². The van der Waals surface area contributed by atoms with Crippen molar-refractivity contribution in [2.75, 3.05) is 33.2 Å². The van der Waals surface area contributed by atoms with E-state index in [-0.39, 0.29) is 5.54 Å². The SMILES string of the molecule is CNS(=O)(=O)N1CC(CC#N)(N2CCC(C[C@@H]3CC3c3ccccc3)CC2)C1. The summed E-state index contributed by atoms with van der Waals surface area (Å²) in [6.45, 7) is 2.80. The Morgan fingerprint density at radius 2 is 1.89 bits per heavy atom. The fraction of sp³-hybridized carbons (Fsp3) is 0.667. The minimum absolute atomic E-state index is 0.296. The summed E-state index contributed by atoms with van der Waals surface area (Å²) in [5.74, 6) is 2.33. The van der Waals surface area contributed by atoms with Gasteiger partial charge in [-0.15, -0.1) is 0 Å². The van der Waals surface area contributed by atoms with Crippen LogP contribution in [0.4, 0.5) is 0 Å². The topological polar surface area (TPSA) is 76.4 Å². The predicted molar refractivity (Wildman–Crippen MR) is 109 cm³/mol. The third-order valence-electron chi connectivity index (χ3n) is 7.02. The fourth-order valence-electron chi connectivity index (χ4n) is 5.17. The molecule has 7 heteroatoms. The van der Waals surface area contributed by atoms with E-state index in [1.54, 1.807) is 0 Å². The number of hydrogen-bond acceptors (Lipinski definition) is 4. The molecule has 1 N–H and O–H groups in total. The molecule has 0 bridgehead atoms. The van der Waals surface area contributed by atoms with Crippen molar-refractivity contribution in [3.8, 4) is 6.07 Å². The molecule has 4 rings (SSSR count).